The van der Waals surface area contributed by atoms with Crippen molar-refractivity contribution in [2.24, 2.45) is 13.0 Å². The molecule has 0 radical (unpaired) electrons. The van der Waals surface area contributed by atoms with Crippen LogP contribution in [0.5, 0.6) is 5.75 Å². The molecule has 3 rings (SSSR count). The van der Waals surface area contributed by atoms with E-state index in [4.69, 9.17) is 4.74 Å². The van der Waals surface area contributed by atoms with Crippen LogP contribution < -0.4 is 9.46 Å². The smallest absolute Gasteiger partial charge is 0.259 e. The highest BCUT2D eigenvalue weighted by Crippen LogP contribution is 2.26. The van der Waals surface area contributed by atoms with E-state index in [0.29, 0.717) is 13.2 Å². The largest absolute Gasteiger partial charge is 0.493 e. The van der Waals surface area contributed by atoms with Gasteiger partial charge in [-0.1, -0.05) is 18.2 Å². The summed E-state index contributed by atoms with van der Waals surface area (Å²) in [7, 11) is -1.81. The van der Waals surface area contributed by atoms with Gasteiger partial charge in [0.15, 0.2) is 5.03 Å². The molecule has 6 nitrogen and oxygen atoms in total. The van der Waals surface area contributed by atoms with E-state index in [2.05, 4.69) is 9.71 Å². The zero-order chi connectivity index (χ0) is 15.6. The van der Waals surface area contributed by atoms with E-state index >= 15 is 0 Å². The van der Waals surface area contributed by atoms with Crippen LogP contribution in [-0.4, -0.2) is 31.1 Å². The molecule has 1 aliphatic rings. The van der Waals surface area contributed by atoms with Gasteiger partial charge in [-0.15, -0.1) is 0 Å². The Labute approximate surface area is 130 Å². The molecule has 0 amide bonds. The number of para-hydroxylation sites is 1. The van der Waals surface area contributed by atoms with E-state index in [1.807, 2.05) is 24.3 Å². The molecule has 7 heteroatoms. The first-order valence-electron chi connectivity index (χ1n) is 7.23. The predicted molar refractivity (Wildman–Crippen MR) is 82.1 cm³/mol. The maximum atomic E-state index is 12.2. The Balaban J connectivity index is 1.67. The molecular weight excluding hydrogens is 302 g/mol. The van der Waals surface area contributed by atoms with Crippen molar-refractivity contribution < 1.29 is 13.2 Å². The molecule has 0 unspecified atom stereocenters. The fraction of sp³-hybridized carbons (Fsp3) is 0.400. The minimum atomic E-state index is -3.55. The van der Waals surface area contributed by atoms with Gasteiger partial charge in [0.05, 0.1) is 12.9 Å². The number of hydrogen-bond acceptors (Lipinski definition) is 4. The van der Waals surface area contributed by atoms with Crippen molar-refractivity contribution in [3.05, 3.63) is 42.4 Å². The zero-order valence-electron chi connectivity index (χ0n) is 12.4. The summed E-state index contributed by atoms with van der Waals surface area (Å²) < 4.78 is 34.4. The number of nitrogens with one attached hydrogen (secondary N) is 1. The van der Waals surface area contributed by atoms with Gasteiger partial charge in [-0.3, -0.25) is 0 Å². The first kappa shape index (κ1) is 15.1. The molecule has 22 heavy (non-hydrogen) atoms. The number of rotatable bonds is 4. The lowest BCUT2D eigenvalue weighted by atomic mass is 9.97. The highest BCUT2D eigenvalue weighted by Gasteiger charge is 2.22. The van der Waals surface area contributed by atoms with E-state index < -0.39 is 10.0 Å². The minimum absolute atomic E-state index is 0.0558. The third kappa shape index (κ3) is 3.31. The first-order chi connectivity index (χ1) is 10.5. The average molecular weight is 321 g/mol. The third-order valence-corrected chi connectivity index (χ3v) is 5.09. The molecule has 1 N–H and O–H groups in total. The van der Waals surface area contributed by atoms with Crippen LogP contribution in [0.1, 0.15) is 12.0 Å². The quantitative estimate of drug-likeness (QED) is 0.922. The summed E-state index contributed by atoms with van der Waals surface area (Å²) >= 11 is 0. The van der Waals surface area contributed by atoms with E-state index in [9.17, 15) is 8.42 Å². The number of hydrogen-bond donors (Lipinski definition) is 1. The van der Waals surface area contributed by atoms with Gasteiger partial charge in [0.25, 0.3) is 10.0 Å². The molecule has 1 aromatic heterocycles. The molecule has 0 saturated carbocycles. The van der Waals surface area contributed by atoms with Gasteiger partial charge in [-0.25, -0.2) is 18.1 Å². The van der Waals surface area contributed by atoms with Crippen molar-refractivity contribution in [1.82, 2.24) is 14.3 Å². The van der Waals surface area contributed by atoms with Gasteiger partial charge in [-0.2, -0.15) is 0 Å². The Morgan fingerprint density at radius 1 is 1.41 bits per heavy atom. The monoisotopic (exact) mass is 321 g/mol. The molecule has 2 heterocycles. The number of fused-ring (bicyclic) bond motifs is 1. The molecule has 1 atom stereocenters. The van der Waals surface area contributed by atoms with E-state index in [1.54, 1.807) is 11.6 Å². The van der Waals surface area contributed by atoms with Crippen molar-refractivity contribution in [1.29, 1.82) is 0 Å². The standard InChI is InChI=1S/C15H19N3O3S/c1-18-10-15(16-11-18)22(19,20)17-9-12-6-7-21-14-5-3-2-4-13(14)8-12/h2-5,10-12,17H,6-9H2,1H3/t12-/m1/s1. The van der Waals surface area contributed by atoms with Gasteiger partial charge in [0, 0.05) is 19.8 Å². The zero-order valence-corrected chi connectivity index (χ0v) is 13.2. The highest BCUT2D eigenvalue weighted by molar-refractivity contribution is 7.89. The predicted octanol–water partition coefficient (Wildman–Crippen LogP) is 1.34. The van der Waals surface area contributed by atoms with Crippen LogP contribution in [0.2, 0.25) is 0 Å². The Morgan fingerprint density at radius 2 is 2.23 bits per heavy atom. The van der Waals surface area contributed by atoms with Gasteiger partial charge < -0.3 is 9.30 Å². The first-order valence-corrected chi connectivity index (χ1v) is 8.71. The lowest BCUT2D eigenvalue weighted by Gasteiger charge is -2.14. The Kier molecular flexibility index (Phi) is 4.17. The van der Waals surface area contributed by atoms with E-state index in [-0.39, 0.29) is 10.9 Å². The number of benzene rings is 1. The van der Waals surface area contributed by atoms with Crippen molar-refractivity contribution in [2.45, 2.75) is 17.9 Å². The van der Waals surface area contributed by atoms with Crippen molar-refractivity contribution in [3.63, 3.8) is 0 Å². The normalized spacial score (nSPS) is 18.3. The van der Waals surface area contributed by atoms with E-state index in [0.717, 1.165) is 24.2 Å². The molecule has 1 aliphatic heterocycles. The highest BCUT2D eigenvalue weighted by atomic mass is 32.2. The summed E-state index contributed by atoms with van der Waals surface area (Å²) in [6, 6.07) is 7.91. The summed E-state index contributed by atoms with van der Waals surface area (Å²) in [5.74, 6) is 1.11. The molecule has 118 valence electrons. The van der Waals surface area contributed by atoms with Crippen LogP contribution in [-0.2, 0) is 23.5 Å². The van der Waals surface area contributed by atoms with Crippen molar-refractivity contribution in [2.75, 3.05) is 13.2 Å². The number of sulfonamides is 1. The summed E-state index contributed by atoms with van der Waals surface area (Å²) in [5, 5.41) is 0.0558. The summed E-state index contributed by atoms with van der Waals surface area (Å²) in [6.45, 7) is 0.990. The topological polar surface area (TPSA) is 73.2 Å². The molecule has 1 aromatic carbocycles. The van der Waals surface area contributed by atoms with E-state index in [1.165, 1.54) is 12.5 Å². The Hall–Kier alpha value is -1.86. The van der Waals surface area contributed by atoms with Crippen LogP contribution in [0, 0.1) is 5.92 Å². The fourth-order valence-electron chi connectivity index (χ4n) is 2.57. The maximum Gasteiger partial charge on any atom is 0.259 e. The average Bonchev–Trinajstić information content (AvgIpc) is 2.83. The van der Waals surface area contributed by atoms with Crippen molar-refractivity contribution >= 4 is 10.0 Å². The summed E-state index contributed by atoms with van der Waals surface area (Å²) in [4.78, 5) is 3.89. The number of aromatic nitrogens is 2. The molecule has 0 spiro atoms. The molecule has 0 aliphatic carbocycles. The van der Waals surface area contributed by atoms with Crippen molar-refractivity contribution in [3.8, 4) is 5.75 Å². The number of imidazole rings is 1. The van der Waals surface area contributed by atoms with Crippen LogP contribution in [0.4, 0.5) is 0 Å². The van der Waals surface area contributed by atoms with Gasteiger partial charge in [-0.05, 0) is 30.4 Å². The molecule has 0 saturated heterocycles. The maximum absolute atomic E-state index is 12.2. The third-order valence-electron chi connectivity index (χ3n) is 3.78. The summed E-state index contributed by atoms with van der Waals surface area (Å²) in [5.41, 5.74) is 1.13. The Morgan fingerprint density at radius 3 is 3.00 bits per heavy atom. The van der Waals surface area contributed by atoms with Gasteiger partial charge >= 0.3 is 0 Å². The molecular formula is C15H19N3O3S. The lowest BCUT2D eigenvalue weighted by Crippen LogP contribution is -2.30. The van der Waals surface area contributed by atoms with Gasteiger partial charge in [0.2, 0.25) is 0 Å². The van der Waals surface area contributed by atoms with Crippen LogP contribution >= 0.6 is 0 Å². The second kappa shape index (κ2) is 6.10. The lowest BCUT2D eigenvalue weighted by molar-refractivity contribution is 0.294. The minimum Gasteiger partial charge on any atom is -0.493 e. The Bertz CT molecular complexity index is 755. The van der Waals surface area contributed by atoms with Crippen LogP contribution in [0.25, 0.3) is 0 Å². The number of nitrogens with zero attached hydrogens (tertiary/aromatic N) is 2. The SMILES string of the molecule is Cn1cnc(S(=O)(=O)NC[C@@H]2CCOc3ccccc3C2)c1. The fourth-order valence-corrected chi connectivity index (χ4v) is 3.66. The molecule has 2 aromatic rings. The van der Waals surface area contributed by atoms with Gasteiger partial charge in [0.1, 0.15) is 5.75 Å². The number of ether oxygens (including phenoxy) is 1. The second-order valence-corrected chi connectivity index (χ2v) is 7.26. The molecule has 0 bridgehead atoms. The number of aryl methyl sites for hydroxylation is 1. The summed E-state index contributed by atoms with van der Waals surface area (Å²) in [6.07, 6.45) is 4.60. The van der Waals surface area contributed by atoms with Crippen LogP contribution in [0.3, 0.4) is 0 Å². The molecule has 0 fully saturated rings. The second-order valence-electron chi connectivity index (χ2n) is 5.54. The van der Waals surface area contributed by atoms with Crippen LogP contribution in [0.15, 0.2) is 41.8 Å².